The second-order valence-corrected chi connectivity index (χ2v) is 7.31. The molecule has 0 spiro atoms. The smallest absolute Gasteiger partial charge is 0.295 e. The van der Waals surface area contributed by atoms with Crippen LogP contribution in [-0.2, 0) is 14.1 Å². The van der Waals surface area contributed by atoms with E-state index in [0.717, 1.165) is 32.1 Å². The molecule has 0 aliphatic carbocycles. The molecule has 0 N–H and O–H groups in total. The normalized spacial score (nSPS) is 13.0. The minimum absolute atomic E-state index is 0.0155. The molecule has 0 fully saturated rings. The summed E-state index contributed by atoms with van der Waals surface area (Å²) >= 11 is 11.7. The molecule has 3 nitrogen and oxygen atoms in total. The highest BCUT2D eigenvalue weighted by atomic mass is 79.9. The Hall–Kier alpha value is -1.04. The van der Waals surface area contributed by atoms with Gasteiger partial charge < -0.3 is 0 Å². The largest absolute Gasteiger partial charge is 0.328 e. The molecule has 2 aromatic heterocycles. The average molecular weight is 386 g/mol. The van der Waals surface area contributed by atoms with Crippen LogP contribution in [0.25, 0.3) is 11.0 Å². The molecule has 1 unspecified atom stereocenters. The summed E-state index contributed by atoms with van der Waals surface area (Å²) < 4.78 is 3.32. The van der Waals surface area contributed by atoms with E-state index >= 15 is 0 Å². The molecule has 1 aromatic carbocycles. The number of alkyl halides is 1. The van der Waals surface area contributed by atoms with Crippen LogP contribution in [0.4, 0.5) is 0 Å². The van der Waals surface area contributed by atoms with Gasteiger partial charge in [0.1, 0.15) is 0 Å². The Morgan fingerprint density at radius 1 is 1.24 bits per heavy atom. The molecule has 1 atom stereocenters. The number of halogens is 2. The summed E-state index contributed by atoms with van der Waals surface area (Å²) in [5, 5.41) is 2.87. The van der Waals surface area contributed by atoms with E-state index in [-0.39, 0.29) is 10.5 Å². The van der Waals surface area contributed by atoms with Crippen molar-refractivity contribution in [3.63, 3.8) is 0 Å². The first kappa shape index (κ1) is 14.9. The predicted octanol–water partition coefficient (Wildman–Crippen LogP) is 4.38. The molecule has 2 heterocycles. The number of rotatable bonds is 2. The fourth-order valence-corrected chi connectivity index (χ4v) is 4.73. The number of thiophene rings is 1. The van der Waals surface area contributed by atoms with Gasteiger partial charge in [0.15, 0.2) is 0 Å². The van der Waals surface area contributed by atoms with E-state index in [1.165, 1.54) is 0 Å². The van der Waals surface area contributed by atoms with Gasteiger partial charge in [-0.2, -0.15) is 0 Å². The topological polar surface area (TPSA) is 26.9 Å². The summed E-state index contributed by atoms with van der Waals surface area (Å²) in [6.45, 7) is 2.01. The molecule has 110 valence electrons. The molecule has 0 saturated carbocycles. The van der Waals surface area contributed by atoms with Crippen molar-refractivity contribution in [1.29, 1.82) is 0 Å². The van der Waals surface area contributed by atoms with Crippen molar-refractivity contribution in [2.45, 2.75) is 11.8 Å². The molecule has 0 saturated heterocycles. The van der Waals surface area contributed by atoms with Gasteiger partial charge in [-0.3, -0.25) is 9.13 Å². The van der Waals surface area contributed by atoms with Crippen LogP contribution in [0, 0.1) is 6.92 Å². The molecule has 6 heteroatoms. The second kappa shape index (κ2) is 5.30. The second-order valence-electron chi connectivity index (χ2n) is 5.11. The van der Waals surface area contributed by atoms with Crippen LogP contribution in [-0.4, -0.2) is 9.13 Å². The highest BCUT2D eigenvalue weighted by Crippen LogP contribution is 2.41. The fourth-order valence-electron chi connectivity index (χ4n) is 2.45. The van der Waals surface area contributed by atoms with Crippen LogP contribution in [0.15, 0.2) is 28.4 Å². The van der Waals surface area contributed by atoms with Crippen LogP contribution >= 0.6 is 38.9 Å². The Kier molecular flexibility index (Phi) is 3.76. The van der Waals surface area contributed by atoms with E-state index in [1.807, 2.05) is 25.1 Å². The van der Waals surface area contributed by atoms with Crippen LogP contribution in [0.1, 0.15) is 20.8 Å². The van der Waals surface area contributed by atoms with Gasteiger partial charge in [0.25, 0.3) is 0 Å². The fraction of sp³-hybridized carbons (Fsp3) is 0.267. The Balaban J connectivity index is 2.15. The van der Waals surface area contributed by atoms with Gasteiger partial charge in [0.2, 0.25) is 0 Å². The summed E-state index contributed by atoms with van der Waals surface area (Å²) in [5.74, 6) is 0. The number of benzene rings is 1. The van der Waals surface area contributed by atoms with E-state index in [1.54, 1.807) is 34.6 Å². The molecule has 21 heavy (non-hydrogen) atoms. The van der Waals surface area contributed by atoms with E-state index in [0.29, 0.717) is 0 Å². The van der Waals surface area contributed by atoms with Crippen molar-refractivity contribution in [2.24, 2.45) is 14.1 Å². The lowest BCUT2D eigenvalue weighted by Gasteiger charge is -2.10. The summed E-state index contributed by atoms with van der Waals surface area (Å²) in [7, 11) is 3.58. The van der Waals surface area contributed by atoms with Gasteiger partial charge in [-0.25, -0.2) is 4.79 Å². The van der Waals surface area contributed by atoms with Crippen molar-refractivity contribution < 1.29 is 0 Å². The zero-order valence-electron chi connectivity index (χ0n) is 11.9. The SMILES string of the molecule is Cc1csc(C(Br)c2ccc3c(c2)n(C)c(=O)n3C)c1Cl. The third-order valence-electron chi connectivity index (χ3n) is 3.74. The first-order chi connectivity index (χ1) is 9.91. The number of hydrogen-bond donors (Lipinski definition) is 0. The molecular formula is C15H14BrClN2OS. The lowest BCUT2D eigenvalue weighted by molar-refractivity contribution is 0.795. The first-order valence-electron chi connectivity index (χ1n) is 6.44. The van der Waals surface area contributed by atoms with Crippen molar-refractivity contribution in [3.8, 4) is 0 Å². The maximum atomic E-state index is 12.0. The Morgan fingerprint density at radius 2 is 1.90 bits per heavy atom. The number of aromatic nitrogens is 2. The third-order valence-corrected chi connectivity index (χ3v) is 6.81. The number of fused-ring (bicyclic) bond motifs is 1. The Bertz CT molecular complexity index is 893. The van der Waals surface area contributed by atoms with Crippen molar-refractivity contribution in [2.75, 3.05) is 0 Å². The van der Waals surface area contributed by atoms with Crippen LogP contribution < -0.4 is 5.69 Å². The zero-order chi connectivity index (χ0) is 15.3. The van der Waals surface area contributed by atoms with E-state index in [2.05, 4.69) is 21.3 Å². The maximum Gasteiger partial charge on any atom is 0.328 e. The lowest BCUT2D eigenvalue weighted by Crippen LogP contribution is -2.19. The summed E-state index contributed by atoms with van der Waals surface area (Å²) in [5.41, 5.74) is 4.02. The highest BCUT2D eigenvalue weighted by molar-refractivity contribution is 9.09. The third kappa shape index (κ3) is 2.28. The standard InChI is InChI=1S/C15H14BrClN2OS/c1-8-7-21-14(13(8)17)12(16)9-4-5-10-11(6-9)19(3)15(20)18(10)2/h4-7,12H,1-3H3. The van der Waals surface area contributed by atoms with Gasteiger partial charge in [-0.15, -0.1) is 11.3 Å². The highest BCUT2D eigenvalue weighted by Gasteiger charge is 2.18. The Morgan fingerprint density at radius 3 is 2.52 bits per heavy atom. The number of aryl methyl sites for hydroxylation is 3. The molecule has 0 aliphatic rings. The Labute approximate surface area is 139 Å². The molecule has 3 aromatic rings. The number of nitrogens with zero attached hydrogens (tertiary/aromatic N) is 2. The van der Waals surface area contributed by atoms with Crippen LogP contribution in [0.5, 0.6) is 0 Å². The van der Waals surface area contributed by atoms with Crippen molar-refractivity contribution in [3.05, 3.63) is 55.1 Å². The molecule has 0 amide bonds. The van der Waals surface area contributed by atoms with Crippen LogP contribution in [0.3, 0.4) is 0 Å². The molecule has 0 radical (unpaired) electrons. The zero-order valence-corrected chi connectivity index (χ0v) is 15.0. The number of imidazole rings is 1. The molecular weight excluding hydrogens is 372 g/mol. The minimum atomic E-state index is -0.0155. The molecule has 3 rings (SSSR count). The van der Waals surface area contributed by atoms with Gasteiger partial charge in [-0.1, -0.05) is 33.6 Å². The summed E-state index contributed by atoms with van der Waals surface area (Å²) in [6.07, 6.45) is 0. The summed E-state index contributed by atoms with van der Waals surface area (Å²) in [4.78, 5) is 13.1. The minimum Gasteiger partial charge on any atom is -0.295 e. The van der Waals surface area contributed by atoms with E-state index < -0.39 is 0 Å². The predicted molar refractivity (Wildman–Crippen MR) is 93.0 cm³/mol. The molecule has 0 bridgehead atoms. The van der Waals surface area contributed by atoms with E-state index in [4.69, 9.17) is 11.6 Å². The average Bonchev–Trinajstić information content (AvgIpc) is 2.92. The first-order valence-corrected chi connectivity index (χ1v) is 8.62. The number of hydrogen-bond acceptors (Lipinski definition) is 2. The maximum absolute atomic E-state index is 12.0. The van der Waals surface area contributed by atoms with Crippen molar-refractivity contribution in [1.82, 2.24) is 9.13 Å². The van der Waals surface area contributed by atoms with Crippen molar-refractivity contribution >= 4 is 49.9 Å². The monoisotopic (exact) mass is 384 g/mol. The summed E-state index contributed by atoms with van der Waals surface area (Å²) in [6, 6.07) is 6.06. The van der Waals surface area contributed by atoms with Gasteiger partial charge in [0.05, 0.1) is 20.9 Å². The quantitative estimate of drug-likeness (QED) is 0.601. The molecule has 0 aliphatic heterocycles. The van der Waals surface area contributed by atoms with E-state index in [9.17, 15) is 4.79 Å². The van der Waals surface area contributed by atoms with Gasteiger partial charge >= 0.3 is 5.69 Å². The lowest BCUT2D eigenvalue weighted by atomic mass is 10.1. The van der Waals surface area contributed by atoms with Gasteiger partial charge in [0, 0.05) is 19.0 Å². The van der Waals surface area contributed by atoms with Crippen LogP contribution in [0.2, 0.25) is 5.02 Å². The van der Waals surface area contributed by atoms with Gasteiger partial charge in [-0.05, 0) is 35.6 Å².